The van der Waals surface area contributed by atoms with E-state index in [-0.39, 0.29) is 11.4 Å². The molecule has 17 heavy (non-hydrogen) atoms. The summed E-state index contributed by atoms with van der Waals surface area (Å²) in [6, 6.07) is 7.17. The van der Waals surface area contributed by atoms with E-state index < -0.39 is 11.0 Å². The molecule has 0 N–H and O–H groups in total. The van der Waals surface area contributed by atoms with Gasteiger partial charge in [0.15, 0.2) is 0 Å². The fourth-order valence-electron chi connectivity index (χ4n) is 1.21. The maximum atomic E-state index is 11.5. The molecule has 1 aromatic carbocycles. The average molecular weight is 233 g/mol. The molecule has 1 aromatic heterocycles. The molecule has 0 fully saturated rings. The van der Waals surface area contributed by atoms with E-state index in [4.69, 9.17) is 4.74 Å². The maximum absolute atomic E-state index is 11.5. The Hall–Kier alpha value is -2.70. The van der Waals surface area contributed by atoms with Crippen LogP contribution < -0.4 is 4.74 Å². The predicted molar refractivity (Wildman–Crippen MR) is 56.7 cm³/mol. The zero-order chi connectivity index (χ0) is 12.3. The highest BCUT2D eigenvalue weighted by molar-refractivity contribution is 5.73. The highest BCUT2D eigenvalue weighted by Crippen LogP contribution is 2.25. The first-order chi connectivity index (χ1) is 8.18. The summed E-state index contributed by atoms with van der Waals surface area (Å²) in [6.45, 7) is 0. The number of para-hydroxylation sites is 2. The van der Waals surface area contributed by atoms with Gasteiger partial charge in [-0.25, -0.2) is 4.79 Å². The largest absolute Gasteiger partial charge is 0.440 e. The second-order valence-electron chi connectivity index (χ2n) is 3.04. The number of nitro groups is 1. The number of hydrogen-bond acceptors (Lipinski definition) is 5. The number of carbonyl (C=O) groups excluding carboxylic acids is 1. The topological polar surface area (TPSA) is 87.3 Å². The summed E-state index contributed by atoms with van der Waals surface area (Å²) in [5.41, 5.74) is -0.270. The van der Waals surface area contributed by atoms with Gasteiger partial charge in [0.2, 0.25) is 5.75 Å². The van der Waals surface area contributed by atoms with Crippen LogP contribution in [0.2, 0.25) is 0 Å². The Balaban J connectivity index is 2.25. The van der Waals surface area contributed by atoms with Gasteiger partial charge in [-0.2, -0.15) is 9.78 Å². The molecule has 0 spiro atoms. The van der Waals surface area contributed by atoms with Crippen LogP contribution in [0.4, 0.5) is 10.5 Å². The van der Waals surface area contributed by atoms with Crippen LogP contribution in [0.25, 0.3) is 0 Å². The number of benzene rings is 1. The summed E-state index contributed by atoms with van der Waals surface area (Å²) in [6.07, 6.45) is 1.99. The van der Waals surface area contributed by atoms with Gasteiger partial charge in [0.1, 0.15) is 0 Å². The van der Waals surface area contributed by atoms with E-state index in [9.17, 15) is 14.9 Å². The van der Waals surface area contributed by atoms with Crippen LogP contribution in [0.1, 0.15) is 0 Å². The third-order valence-corrected chi connectivity index (χ3v) is 1.95. The van der Waals surface area contributed by atoms with Crippen molar-refractivity contribution in [1.82, 2.24) is 9.78 Å². The Bertz CT molecular complexity index is 550. The number of aromatic nitrogens is 2. The van der Waals surface area contributed by atoms with Crippen LogP contribution in [0.3, 0.4) is 0 Å². The van der Waals surface area contributed by atoms with E-state index in [1.807, 2.05) is 0 Å². The van der Waals surface area contributed by atoms with E-state index in [1.54, 1.807) is 12.1 Å². The number of rotatable bonds is 2. The normalized spacial score (nSPS) is 9.88. The van der Waals surface area contributed by atoms with Crippen molar-refractivity contribution >= 4 is 11.8 Å². The van der Waals surface area contributed by atoms with Crippen LogP contribution >= 0.6 is 0 Å². The van der Waals surface area contributed by atoms with Gasteiger partial charge in [-0.15, -0.1) is 0 Å². The minimum absolute atomic E-state index is 0.113. The zero-order valence-corrected chi connectivity index (χ0v) is 8.52. The summed E-state index contributed by atoms with van der Waals surface area (Å²) >= 11 is 0. The Kier molecular flexibility index (Phi) is 2.82. The van der Waals surface area contributed by atoms with Crippen molar-refractivity contribution < 1.29 is 14.5 Å². The van der Waals surface area contributed by atoms with E-state index >= 15 is 0 Å². The number of ether oxygens (including phenoxy) is 1. The van der Waals surface area contributed by atoms with E-state index in [0.29, 0.717) is 0 Å². The molecule has 0 saturated heterocycles. The van der Waals surface area contributed by atoms with Crippen molar-refractivity contribution in [1.29, 1.82) is 0 Å². The van der Waals surface area contributed by atoms with E-state index in [1.165, 1.54) is 30.6 Å². The first kappa shape index (κ1) is 10.8. The molecular weight excluding hydrogens is 226 g/mol. The van der Waals surface area contributed by atoms with Crippen molar-refractivity contribution in [2.75, 3.05) is 0 Å². The Morgan fingerprint density at radius 1 is 1.35 bits per heavy atom. The summed E-state index contributed by atoms with van der Waals surface area (Å²) in [5, 5.41) is 14.3. The lowest BCUT2D eigenvalue weighted by atomic mass is 10.3. The van der Waals surface area contributed by atoms with Crippen molar-refractivity contribution in [2.24, 2.45) is 0 Å². The van der Waals surface area contributed by atoms with Crippen molar-refractivity contribution in [2.45, 2.75) is 0 Å². The fraction of sp³-hybridized carbons (Fsp3) is 0. The minimum Gasteiger partial charge on any atom is -0.401 e. The number of hydrogen-bond donors (Lipinski definition) is 0. The standard InChI is InChI=1S/C10H7N3O4/c14-10(12-7-3-6-11-12)17-9-5-2-1-4-8(9)13(15)16/h1-7H. The van der Waals surface area contributed by atoms with Crippen molar-refractivity contribution in [3.05, 3.63) is 52.8 Å². The molecule has 2 aromatic rings. The molecule has 0 amide bonds. The molecule has 7 nitrogen and oxygen atoms in total. The Morgan fingerprint density at radius 3 is 2.76 bits per heavy atom. The highest BCUT2D eigenvalue weighted by atomic mass is 16.6. The Morgan fingerprint density at radius 2 is 2.12 bits per heavy atom. The summed E-state index contributed by atoms with van der Waals surface area (Å²) in [4.78, 5) is 21.6. The molecule has 2 rings (SSSR count). The van der Waals surface area contributed by atoms with Gasteiger partial charge in [0.25, 0.3) is 0 Å². The SMILES string of the molecule is O=C(Oc1ccccc1[N+](=O)[O-])n1cccn1. The summed E-state index contributed by atoms with van der Waals surface area (Å²) in [5.74, 6) is -0.113. The summed E-state index contributed by atoms with van der Waals surface area (Å²) < 4.78 is 5.81. The first-order valence-corrected chi connectivity index (χ1v) is 4.64. The molecule has 0 bridgehead atoms. The van der Waals surface area contributed by atoms with Crippen LogP contribution in [-0.4, -0.2) is 20.8 Å². The highest BCUT2D eigenvalue weighted by Gasteiger charge is 2.17. The van der Waals surface area contributed by atoms with Crippen molar-refractivity contribution in [3.63, 3.8) is 0 Å². The van der Waals surface area contributed by atoms with Crippen LogP contribution in [0.5, 0.6) is 5.75 Å². The van der Waals surface area contributed by atoms with Gasteiger partial charge < -0.3 is 4.74 Å². The lowest BCUT2D eigenvalue weighted by Gasteiger charge is -2.03. The number of nitro benzene ring substituents is 1. The smallest absolute Gasteiger partial charge is 0.401 e. The molecule has 0 unspecified atom stereocenters. The molecule has 0 atom stereocenters. The number of carbonyl (C=O) groups is 1. The average Bonchev–Trinajstić information content (AvgIpc) is 2.83. The molecule has 7 heteroatoms. The third-order valence-electron chi connectivity index (χ3n) is 1.95. The molecular formula is C10H7N3O4. The minimum atomic E-state index is -0.802. The maximum Gasteiger partial charge on any atom is 0.440 e. The zero-order valence-electron chi connectivity index (χ0n) is 8.52. The van der Waals surface area contributed by atoms with Gasteiger partial charge in [0.05, 0.1) is 4.92 Å². The van der Waals surface area contributed by atoms with Crippen LogP contribution in [-0.2, 0) is 0 Å². The Labute approximate surface area is 95.4 Å². The van der Waals surface area contributed by atoms with E-state index in [0.717, 1.165) is 4.68 Å². The van der Waals surface area contributed by atoms with Gasteiger partial charge in [0, 0.05) is 18.5 Å². The van der Waals surface area contributed by atoms with Gasteiger partial charge >= 0.3 is 11.8 Å². The second-order valence-corrected chi connectivity index (χ2v) is 3.04. The summed E-state index contributed by atoms with van der Waals surface area (Å²) in [7, 11) is 0. The lowest BCUT2D eigenvalue weighted by Crippen LogP contribution is -2.17. The predicted octanol–water partition coefficient (Wildman–Crippen LogP) is 1.84. The molecule has 0 saturated carbocycles. The van der Waals surface area contributed by atoms with Crippen LogP contribution in [0, 0.1) is 10.1 Å². The first-order valence-electron chi connectivity index (χ1n) is 4.64. The molecule has 86 valence electrons. The van der Waals surface area contributed by atoms with Crippen molar-refractivity contribution in [3.8, 4) is 5.75 Å². The van der Waals surface area contributed by atoms with Gasteiger partial charge in [-0.1, -0.05) is 12.1 Å². The fourth-order valence-corrected chi connectivity index (χ4v) is 1.21. The molecule has 1 heterocycles. The quantitative estimate of drug-likeness (QED) is 0.583. The number of nitrogens with zero attached hydrogens (tertiary/aromatic N) is 3. The van der Waals surface area contributed by atoms with Crippen LogP contribution in [0.15, 0.2) is 42.7 Å². The third kappa shape index (κ3) is 2.28. The van der Waals surface area contributed by atoms with Gasteiger partial charge in [-0.3, -0.25) is 10.1 Å². The molecule has 0 aliphatic carbocycles. The lowest BCUT2D eigenvalue weighted by molar-refractivity contribution is -0.385. The molecule has 0 aliphatic rings. The molecule has 0 aliphatic heterocycles. The second kappa shape index (κ2) is 4.44. The van der Waals surface area contributed by atoms with E-state index in [2.05, 4.69) is 5.10 Å². The van der Waals surface area contributed by atoms with Gasteiger partial charge in [-0.05, 0) is 12.1 Å². The molecule has 0 radical (unpaired) electrons. The monoisotopic (exact) mass is 233 g/mol.